The molecule has 0 spiro atoms. The summed E-state index contributed by atoms with van der Waals surface area (Å²) >= 11 is 0. The van der Waals surface area contributed by atoms with Gasteiger partial charge < -0.3 is 15.9 Å². The molecular weight excluding hydrogens is 244 g/mol. The molecule has 0 radical (unpaired) electrons. The number of benzene rings is 1. The minimum Gasteiger partial charge on any atom is -0.373 e. The smallest absolute Gasteiger partial charge is 0.167 e. The van der Waals surface area contributed by atoms with E-state index in [0.717, 1.165) is 17.1 Å². The molecule has 1 heterocycles. The SMILES string of the molecule is NC(O)C1=NN(c2c(F)cccc2F)C(O)C=C1. The number of nitrogens with zero attached hydrogens (tertiary/aromatic N) is 2. The average Bonchev–Trinajstić information content (AvgIpc) is 2.30. The summed E-state index contributed by atoms with van der Waals surface area (Å²) in [7, 11) is 0. The van der Waals surface area contributed by atoms with Crippen molar-refractivity contribution in [3.8, 4) is 0 Å². The Morgan fingerprint density at radius 2 is 1.94 bits per heavy atom. The number of nitrogens with two attached hydrogens (primary N) is 1. The van der Waals surface area contributed by atoms with E-state index in [1.807, 2.05) is 0 Å². The van der Waals surface area contributed by atoms with Crippen molar-refractivity contribution in [3.63, 3.8) is 0 Å². The molecule has 2 atom stereocenters. The molecule has 0 aliphatic carbocycles. The second-order valence-electron chi connectivity index (χ2n) is 3.66. The van der Waals surface area contributed by atoms with Gasteiger partial charge in [-0.25, -0.2) is 13.8 Å². The van der Waals surface area contributed by atoms with Crippen LogP contribution in [0.3, 0.4) is 0 Å². The second-order valence-corrected chi connectivity index (χ2v) is 3.66. The van der Waals surface area contributed by atoms with E-state index in [0.29, 0.717) is 0 Å². The summed E-state index contributed by atoms with van der Waals surface area (Å²) in [4.78, 5) is 0. The van der Waals surface area contributed by atoms with Gasteiger partial charge in [0.1, 0.15) is 17.6 Å². The topological polar surface area (TPSA) is 82.1 Å². The minimum atomic E-state index is -1.40. The molecule has 5 nitrogen and oxygen atoms in total. The normalized spacial score (nSPS) is 20.8. The van der Waals surface area contributed by atoms with Crippen molar-refractivity contribution < 1.29 is 19.0 Å². The van der Waals surface area contributed by atoms with Crippen molar-refractivity contribution in [1.82, 2.24) is 0 Å². The van der Waals surface area contributed by atoms with Crippen LogP contribution in [0.2, 0.25) is 0 Å². The summed E-state index contributed by atoms with van der Waals surface area (Å²) in [5.74, 6) is -1.75. The van der Waals surface area contributed by atoms with Gasteiger partial charge >= 0.3 is 0 Å². The Hall–Kier alpha value is -1.83. The number of para-hydroxylation sites is 1. The van der Waals surface area contributed by atoms with Crippen LogP contribution >= 0.6 is 0 Å². The van der Waals surface area contributed by atoms with Gasteiger partial charge in [0.15, 0.2) is 17.9 Å². The van der Waals surface area contributed by atoms with Crippen LogP contribution in [0.15, 0.2) is 35.5 Å². The molecule has 1 aliphatic rings. The Morgan fingerprint density at radius 3 is 2.50 bits per heavy atom. The third-order valence-electron chi connectivity index (χ3n) is 2.38. The molecular formula is C11H11F2N3O2. The molecule has 0 amide bonds. The summed E-state index contributed by atoms with van der Waals surface area (Å²) in [5.41, 5.74) is 4.69. The van der Waals surface area contributed by atoms with Crippen molar-refractivity contribution in [2.45, 2.75) is 12.5 Å². The molecule has 7 heteroatoms. The average molecular weight is 255 g/mol. The van der Waals surface area contributed by atoms with Crippen LogP contribution in [-0.2, 0) is 0 Å². The fourth-order valence-corrected chi connectivity index (χ4v) is 1.53. The van der Waals surface area contributed by atoms with Gasteiger partial charge in [-0.1, -0.05) is 6.07 Å². The standard InChI is InChI=1S/C11H11F2N3O2/c12-6-2-1-3-7(13)10(6)16-9(17)5-4-8(15-16)11(14)18/h1-5,9,11,17-18H,14H2. The summed E-state index contributed by atoms with van der Waals surface area (Å²) in [6.07, 6.45) is -0.237. The maximum Gasteiger partial charge on any atom is 0.167 e. The van der Waals surface area contributed by atoms with Crippen molar-refractivity contribution >= 4 is 11.4 Å². The third-order valence-corrected chi connectivity index (χ3v) is 2.38. The van der Waals surface area contributed by atoms with Gasteiger partial charge in [-0.05, 0) is 24.3 Å². The van der Waals surface area contributed by atoms with E-state index in [1.54, 1.807) is 0 Å². The van der Waals surface area contributed by atoms with E-state index < -0.39 is 29.8 Å². The summed E-state index contributed by atoms with van der Waals surface area (Å²) in [6, 6.07) is 3.28. The molecule has 1 aromatic carbocycles. The number of anilines is 1. The van der Waals surface area contributed by atoms with Gasteiger partial charge in [0.2, 0.25) is 0 Å². The van der Waals surface area contributed by atoms with E-state index in [2.05, 4.69) is 5.10 Å². The zero-order valence-electron chi connectivity index (χ0n) is 9.16. The molecule has 96 valence electrons. The van der Waals surface area contributed by atoms with E-state index in [-0.39, 0.29) is 5.71 Å². The highest BCUT2D eigenvalue weighted by Crippen LogP contribution is 2.26. The molecule has 18 heavy (non-hydrogen) atoms. The van der Waals surface area contributed by atoms with Crippen LogP contribution in [0.1, 0.15) is 0 Å². The molecule has 0 aromatic heterocycles. The third kappa shape index (κ3) is 2.23. The number of rotatable bonds is 2. The van der Waals surface area contributed by atoms with Gasteiger partial charge in [0.25, 0.3) is 0 Å². The Balaban J connectivity index is 2.46. The maximum absolute atomic E-state index is 13.6. The lowest BCUT2D eigenvalue weighted by Gasteiger charge is -2.27. The van der Waals surface area contributed by atoms with Crippen molar-refractivity contribution in [2.24, 2.45) is 10.8 Å². The van der Waals surface area contributed by atoms with E-state index in [4.69, 9.17) is 10.8 Å². The quantitative estimate of drug-likeness (QED) is 0.663. The number of hydrazone groups is 1. The first-order chi connectivity index (χ1) is 8.50. The first kappa shape index (κ1) is 12.6. The van der Waals surface area contributed by atoms with Crippen LogP contribution in [0.5, 0.6) is 0 Å². The van der Waals surface area contributed by atoms with Gasteiger partial charge in [-0.3, -0.25) is 0 Å². The number of halogens is 2. The fraction of sp³-hybridized carbons (Fsp3) is 0.182. The first-order valence-electron chi connectivity index (χ1n) is 5.12. The zero-order valence-corrected chi connectivity index (χ0v) is 9.16. The van der Waals surface area contributed by atoms with Crippen molar-refractivity contribution in [2.75, 3.05) is 5.01 Å². The summed E-state index contributed by atoms with van der Waals surface area (Å²) < 4.78 is 27.1. The second kappa shape index (κ2) is 4.81. The lowest BCUT2D eigenvalue weighted by molar-refractivity contribution is 0.210. The molecule has 2 rings (SSSR count). The van der Waals surface area contributed by atoms with Crippen LogP contribution in [-0.4, -0.2) is 28.4 Å². The van der Waals surface area contributed by atoms with Gasteiger partial charge in [-0.15, -0.1) is 0 Å². The number of aliphatic hydroxyl groups excluding tert-OH is 2. The molecule has 0 saturated carbocycles. The molecule has 1 aromatic rings. The Morgan fingerprint density at radius 1 is 1.33 bits per heavy atom. The maximum atomic E-state index is 13.6. The largest absolute Gasteiger partial charge is 0.373 e. The minimum absolute atomic E-state index is 0.0112. The predicted octanol–water partition coefficient (Wildman–Crippen LogP) is 0.293. The lowest BCUT2D eigenvalue weighted by atomic mass is 10.2. The predicted molar refractivity (Wildman–Crippen MR) is 61.6 cm³/mol. The van der Waals surface area contributed by atoms with Crippen LogP contribution < -0.4 is 10.7 Å². The van der Waals surface area contributed by atoms with Gasteiger partial charge in [0, 0.05) is 0 Å². The van der Waals surface area contributed by atoms with Crippen LogP contribution in [0.4, 0.5) is 14.5 Å². The Bertz CT molecular complexity index is 497. The van der Waals surface area contributed by atoms with E-state index in [9.17, 15) is 13.9 Å². The lowest BCUT2D eigenvalue weighted by Crippen LogP contribution is -2.39. The molecule has 2 unspecified atom stereocenters. The number of aliphatic hydroxyl groups is 2. The highest BCUT2D eigenvalue weighted by Gasteiger charge is 2.25. The van der Waals surface area contributed by atoms with E-state index >= 15 is 0 Å². The molecule has 0 fully saturated rings. The molecule has 1 aliphatic heterocycles. The summed E-state index contributed by atoms with van der Waals surface area (Å²) in [6.45, 7) is 0. The van der Waals surface area contributed by atoms with E-state index in [1.165, 1.54) is 18.2 Å². The molecule has 0 saturated heterocycles. The Labute approximate surface area is 101 Å². The monoisotopic (exact) mass is 255 g/mol. The van der Waals surface area contributed by atoms with Crippen LogP contribution in [0.25, 0.3) is 0 Å². The number of hydrogen-bond acceptors (Lipinski definition) is 5. The number of hydrogen-bond donors (Lipinski definition) is 3. The van der Waals surface area contributed by atoms with Gasteiger partial charge in [-0.2, -0.15) is 5.10 Å². The summed E-state index contributed by atoms with van der Waals surface area (Å²) in [5, 5.41) is 23.2. The molecule has 0 bridgehead atoms. The Kier molecular flexibility index (Phi) is 3.37. The zero-order chi connectivity index (χ0) is 13.3. The van der Waals surface area contributed by atoms with Crippen LogP contribution in [0, 0.1) is 11.6 Å². The fourth-order valence-electron chi connectivity index (χ4n) is 1.53. The highest BCUT2D eigenvalue weighted by atomic mass is 19.1. The highest BCUT2D eigenvalue weighted by molar-refractivity contribution is 5.99. The molecule has 4 N–H and O–H groups in total. The van der Waals surface area contributed by atoms with Crippen molar-refractivity contribution in [3.05, 3.63) is 42.0 Å². The first-order valence-corrected chi connectivity index (χ1v) is 5.12. The van der Waals surface area contributed by atoms with Gasteiger partial charge in [0.05, 0.1) is 0 Å². The van der Waals surface area contributed by atoms with Crippen molar-refractivity contribution in [1.29, 1.82) is 0 Å².